The third kappa shape index (κ3) is 4.96. The molecule has 1 aromatic heterocycles. The molecule has 2 aromatic carbocycles. The van der Waals surface area contributed by atoms with Crippen LogP contribution in [0.15, 0.2) is 70.8 Å². The van der Waals surface area contributed by atoms with Gasteiger partial charge in [-0.15, -0.1) is 0 Å². The van der Waals surface area contributed by atoms with E-state index in [9.17, 15) is 27.6 Å². The number of hydrogen-bond acceptors (Lipinski definition) is 6. The van der Waals surface area contributed by atoms with E-state index in [0.717, 1.165) is 5.71 Å². The molecule has 3 aliphatic rings. The summed E-state index contributed by atoms with van der Waals surface area (Å²) < 4.78 is 49.4. The van der Waals surface area contributed by atoms with Crippen LogP contribution in [0.3, 0.4) is 0 Å². The number of benzene rings is 2. The lowest BCUT2D eigenvalue weighted by atomic mass is 9.87. The molecule has 9 nitrogen and oxygen atoms in total. The molecule has 0 fully saturated rings. The van der Waals surface area contributed by atoms with Crippen molar-refractivity contribution in [1.82, 2.24) is 14.8 Å². The molecule has 0 unspecified atom stereocenters. The molecule has 0 aliphatic carbocycles. The first-order valence-corrected chi connectivity index (χ1v) is 13.7. The van der Waals surface area contributed by atoms with Crippen molar-refractivity contribution in [2.75, 3.05) is 6.54 Å². The molecule has 222 valence electrons. The normalized spacial score (nSPS) is 22.1. The number of rotatable bonds is 6. The summed E-state index contributed by atoms with van der Waals surface area (Å²) in [6.07, 6.45) is 5.36. The van der Waals surface area contributed by atoms with Crippen LogP contribution in [0, 0.1) is 17.5 Å². The molecular formula is C31H27F3N4O5. The van der Waals surface area contributed by atoms with Crippen molar-refractivity contribution in [2.24, 2.45) is 5.16 Å². The second-order valence-corrected chi connectivity index (χ2v) is 10.9. The third-order valence-corrected chi connectivity index (χ3v) is 7.98. The predicted octanol–water partition coefficient (Wildman–Crippen LogP) is 4.26. The lowest BCUT2D eigenvalue weighted by Gasteiger charge is -2.42. The fourth-order valence-electron chi connectivity index (χ4n) is 5.74. The molecule has 0 radical (unpaired) electrons. The smallest absolute Gasteiger partial charge is 0.275 e. The summed E-state index contributed by atoms with van der Waals surface area (Å²) in [6, 6.07) is 9.01. The van der Waals surface area contributed by atoms with Gasteiger partial charge in [-0.05, 0) is 25.5 Å². The number of hydrogen-bond donors (Lipinski definition) is 1. The summed E-state index contributed by atoms with van der Waals surface area (Å²) in [5, 5.41) is 6.50. The minimum atomic E-state index is -1.19. The van der Waals surface area contributed by atoms with E-state index in [0.29, 0.717) is 24.1 Å². The molecule has 4 heterocycles. The van der Waals surface area contributed by atoms with Crippen LogP contribution in [0.5, 0.6) is 5.75 Å². The van der Waals surface area contributed by atoms with Gasteiger partial charge in [-0.25, -0.2) is 13.2 Å². The maximum atomic E-state index is 14.3. The minimum Gasteiger partial charge on any atom is -0.483 e. The number of nitrogens with zero attached hydrogens (tertiary/aromatic N) is 3. The summed E-state index contributed by atoms with van der Waals surface area (Å²) in [5.74, 6) is -5.25. The van der Waals surface area contributed by atoms with Crippen molar-refractivity contribution in [3.63, 3.8) is 0 Å². The Morgan fingerprint density at radius 1 is 1.16 bits per heavy atom. The molecule has 43 heavy (non-hydrogen) atoms. The summed E-state index contributed by atoms with van der Waals surface area (Å²) in [5.41, 5.74) is -1.48. The number of oxime groups is 1. The van der Waals surface area contributed by atoms with Gasteiger partial charge < -0.3 is 24.4 Å². The summed E-state index contributed by atoms with van der Waals surface area (Å²) >= 11 is 0. The van der Waals surface area contributed by atoms with E-state index in [2.05, 4.69) is 10.5 Å². The van der Waals surface area contributed by atoms with Crippen LogP contribution in [0.4, 0.5) is 13.2 Å². The van der Waals surface area contributed by atoms with Gasteiger partial charge in [0.25, 0.3) is 11.8 Å². The Labute approximate surface area is 244 Å². The lowest BCUT2D eigenvalue weighted by Crippen LogP contribution is -2.53. The molecule has 0 saturated heterocycles. The van der Waals surface area contributed by atoms with Gasteiger partial charge in [0.1, 0.15) is 29.6 Å². The van der Waals surface area contributed by atoms with E-state index in [1.807, 2.05) is 32.1 Å². The predicted molar refractivity (Wildman–Crippen MR) is 149 cm³/mol. The van der Waals surface area contributed by atoms with Crippen LogP contribution in [-0.2, 0) is 18.0 Å². The standard InChI is InChI=1S/C31H27F3N4O5/c1-17-12-31(43-36-17)9-8-18(2)37-15-25(31)38-14-22(29(40)35-13-21-23(33)10-20(32)11-24(21)34)27(39)28(26(38)30(37)41)42-16-19-6-4-3-5-7-19/h3-11,14,18,25H,12-13,15-16H2,1-2H3,(H,35,40)/t18-,25+,31-/m0/s1. The molecule has 2 bridgehead atoms. The van der Waals surface area contributed by atoms with Crippen molar-refractivity contribution in [3.05, 3.63) is 111 Å². The van der Waals surface area contributed by atoms with Crippen molar-refractivity contribution in [1.29, 1.82) is 0 Å². The summed E-state index contributed by atoms with van der Waals surface area (Å²) in [6.45, 7) is 3.12. The second kappa shape index (κ2) is 10.8. The summed E-state index contributed by atoms with van der Waals surface area (Å²) in [4.78, 5) is 48.7. The van der Waals surface area contributed by atoms with Gasteiger partial charge in [-0.3, -0.25) is 14.4 Å². The number of nitrogens with one attached hydrogen (secondary N) is 1. The molecule has 3 atom stereocenters. The van der Waals surface area contributed by atoms with Gasteiger partial charge in [0, 0.05) is 49.4 Å². The molecule has 1 spiro atoms. The van der Waals surface area contributed by atoms with Gasteiger partial charge >= 0.3 is 0 Å². The zero-order chi connectivity index (χ0) is 30.5. The molecule has 2 amide bonds. The fourth-order valence-corrected chi connectivity index (χ4v) is 5.74. The zero-order valence-electron chi connectivity index (χ0n) is 23.3. The fraction of sp³-hybridized carbons (Fsp3) is 0.290. The average molecular weight is 593 g/mol. The number of ether oxygens (including phenoxy) is 1. The van der Waals surface area contributed by atoms with Gasteiger partial charge in [0.05, 0.1) is 11.8 Å². The van der Waals surface area contributed by atoms with Gasteiger partial charge in [-0.1, -0.05) is 41.6 Å². The Hall–Kier alpha value is -4.87. The first kappa shape index (κ1) is 28.3. The Morgan fingerprint density at radius 3 is 2.56 bits per heavy atom. The third-order valence-electron chi connectivity index (χ3n) is 7.98. The first-order valence-electron chi connectivity index (χ1n) is 13.7. The van der Waals surface area contributed by atoms with Crippen LogP contribution >= 0.6 is 0 Å². The Morgan fingerprint density at radius 2 is 1.88 bits per heavy atom. The minimum absolute atomic E-state index is 0.0487. The SMILES string of the molecule is CC1=NO[C@@]2(C=C[C@H](C)N3C[C@H]2n2cc(C(=O)NCc4c(F)cc(F)cc4F)c(=O)c(OCc4ccccc4)c2C3=O)C1. The van der Waals surface area contributed by atoms with E-state index in [4.69, 9.17) is 9.57 Å². The maximum absolute atomic E-state index is 14.3. The highest BCUT2D eigenvalue weighted by Crippen LogP contribution is 2.43. The van der Waals surface area contributed by atoms with Gasteiger partial charge in [0.2, 0.25) is 5.43 Å². The Bertz CT molecular complexity index is 1730. The van der Waals surface area contributed by atoms with Crippen LogP contribution in [0.1, 0.15) is 58.3 Å². The number of aromatic nitrogens is 1. The maximum Gasteiger partial charge on any atom is 0.275 e. The van der Waals surface area contributed by atoms with E-state index in [1.165, 1.54) is 10.8 Å². The largest absolute Gasteiger partial charge is 0.483 e. The molecule has 1 N–H and O–H groups in total. The average Bonchev–Trinajstić information content (AvgIpc) is 3.30. The van der Waals surface area contributed by atoms with Gasteiger partial charge in [-0.2, -0.15) is 0 Å². The molecule has 0 saturated carbocycles. The first-order chi connectivity index (χ1) is 20.6. The van der Waals surface area contributed by atoms with E-state index >= 15 is 0 Å². The highest BCUT2D eigenvalue weighted by atomic mass is 19.1. The van der Waals surface area contributed by atoms with E-state index < -0.39 is 64.0 Å². The Balaban J connectivity index is 1.46. The highest BCUT2D eigenvalue weighted by Gasteiger charge is 2.52. The summed E-state index contributed by atoms with van der Waals surface area (Å²) in [7, 11) is 0. The van der Waals surface area contributed by atoms with Crippen molar-refractivity contribution in [2.45, 2.75) is 51.1 Å². The molecule has 12 heteroatoms. The quantitative estimate of drug-likeness (QED) is 0.431. The van der Waals surface area contributed by atoms with Gasteiger partial charge in [0.15, 0.2) is 17.0 Å². The number of halogens is 3. The van der Waals surface area contributed by atoms with Crippen molar-refractivity contribution >= 4 is 17.5 Å². The van der Waals surface area contributed by atoms with Crippen LogP contribution < -0.4 is 15.5 Å². The van der Waals surface area contributed by atoms with E-state index in [1.54, 1.807) is 29.2 Å². The van der Waals surface area contributed by atoms with E-state index in [-0.39, 0.29) is 30.6 Å². The topological polar surface area (TPSA) is 102 Å². The lowest BCUT2D eigenvalue weighted by molar-refractivity contribution is -0.0317. The molecule has 6 rings (SSSR count). The number of pyridine rings is 1. The number of fused-ring (bicyclic) bond motifs is 5. The van der Waals surface area contributed by atoms with Crippen molar-refractivity contribution < 1.29 is 32.3 Å². The number of carbonyl (C=O) groups excluding carboxylic acids is 2. The zero-order valence-corrected chi connectivity index (χ0v) is 23.3. The monoisotopic (exact) mass is 592 g/mol. The van der Waals surface area contributed by atoms with Crippen LogP contribution in [0.2, 0.25) is 0 Å². The van der Waals surface area contributed by atoms with Crippen LogP contribution in [-0.4, -0.2) is 45.2 Å². The number of carbonyl (C=O) groups is 2. The molecular weight excluding hydrogens is 565 g/mol. The van der Waals surface area contributed by atoms with Crippen molar-refractivity contribution in [3.8, 4) is 5.75 Å². The highest BCUT2D eigenvalue weighted by molar-refractivity contribution is 5.99. The molecule has 3 aromatic rings. The molecule has 3 aliphatic heterocycles. The number of amides is 2. The Kier molecular flexibility index (Phi) is 7.07. The van der Waals surface area contributed by atoms with Crippen LogP contribution in [0.25, 0.3) is 0 Å². The second-order valence-electron chi connectivity index (χ2n) is 10.9.